The van der Waals surface area contributed by atoms with Crippen molar-refractivity contribution in [2.75, 3.05) is 13.1 Å². The quantitative estimate of drug-likeness (QED) is 0.543. The summed E-state index contributed by atoms with van der Waals surface area (Å²) in [5.41, 5.74) is 0. The molecule has 1 heterocycles. The van der Waals surface area contributed by atoms with Crippen LogP contribution in [0.15, 0.2) is 0 Å². The van der Waals surface area contributed by atoms with Gasteiger partial charge in [-0.05, 0) is 0 Å². The third-order valence-electron chi connectivity index (χ3n) is 1.22. The van der Waals surface area contributed by atoms with E-state index in [2.05, 4.69) is 5.32 Å². The SMILES string of the molecule is Cl.O=C1CCNC[C@@H]1F. The van der Waals surface area contributed by atoms with Crippen molar-refractivity contribution in [1.82, 2.24) is 5.32 Å². The van der Waals surface area contributed by atoms with Crippen LogP contribution in [0.25, 0.3) is 0 Å². The zero-order chi connectivity index (χ0) is 5.98. The molecule has 0 spiro atoms. The highest BCUT2D eigenvalue weighted by Crippen LogP contribution is 1.99. The van der Waals surface area contributed by atoms with Crippen molar-refractivity contribution in [3.63, 3.8) is 0 Å². The molecule has 0 aromatic heterocycles. The van der Waals surface area contributed by atoms with Crippen LogP contribution in [0, 0.1) is 0 Å². The Morgan fingerprint density at radius 1 is 1.67 bits per heavy atom. The third kappa shape index (κ3) is 2.28. The Labute approximate surface area is 59.2 Å². The summed E-state index contributed by atoms with van der Waals surface area (Å²) in [4.78, 5) is 10.4. The Kier molecular flexibility index (Phi) is 3.73. The lowest BCUT2D eigenvalue weighted by Crippen LogP contribution is -2.38. The molecule has 54 valence electrons. The minimum absolute atomic E-state index is 0. The topological polar surface area (TPSA) is 29.1 Å². The molecule has 9 heavy (non-hydrogen) atoms. The van der Waals surface area contributed by atoms with Gasteiger partial charge in [-0.25, -0.2) is 4.39 Å². The molecule has 0 amide bonds. The van der Waals surface area contributed by atoms with Crippen molar-refractivity contribution in [2.45, 2.75) is 12.6 Å². The first-order valence-electron chi connectivity index (χ1n) is 2.68. The number of halogens is 2. The van der Waals surface area contributed by atoms with E-state index in [0.29, 0.717) is 13.0 Å². The summed E-state index contributed by atoms with van der Waals surface area (Å²) < 4.78 is 12.2. The molecule has 0 aromatic carbocycles. The largest absolute Gasteiger partial charge is 0.313 e. The number of piperidine rings is 1. The lowest BCUT2D eigenvalue weighted by molar-refractivity contribution is -0.124. The summed E-state index contributed by atoms with van der Waals surface area (Å²) in [6.07, 6.45) is -0.898. The summed E-state index contributed by atoms with van der Waals surface area (Å²) >= 11 is 0. The van der Waals surface area contributed by atoms with Crippen LogP contribution < -0.4 is 5.32 Å². The van der Waals surface area contributed by atoms with E-state index in [1.54, 1.807) is 0 Å². The fraction of sp³-hybridized carbons (Fsp3) is 0.800. The minimum Gasteiger partial charge on any atom is -0.313 e. The number of carbonyl (C=O) groups excluding carboxylic acids is 1. The van der Waals surface area contributed by atoms with Gasteiger partial charge in [0.2, 0.25) is 0 Å². The van der Waals surface area contributed by atoms with Crippen LogP contribution in [0.3, 0.4) is 0 Å². The van der Waals surface area contributed by atoms with Gasteiger partial charge in [-0.3, -0.25) is 4.79 Å². The average Bonchev–Trinajstić information content (AvgIpc) is 1.77. The van der Waals surface area contributed by atoms with Crippen molar-refractivity contribution in [1.29, 1.82) is 0 Å². The molecule has 1 atom stereocenters. The molecular weight excluding hydrogens is 145 g/mol. The monoisotopic (exact) mass is 153 g/mol. The Bertz CT molecular complexity index is 109. The van der Waals surface area contributed by atoms with Crippen molar-refractivity contribution in [3.8, 4) is 0 Å². The maximum atomic E-state index is 12.2. The van der Waals surface area contributed by atoms with E-state index in [0.717, 1.165) is 0 Å². The number of Topliss-reactive ketones (excluding diaryl/α,β-unsaturated/α-hetero) is 1. The molecule has 1 rings (SSSR count). The van der Waals surface area contributed by atoms with Gasteiger partial charge in [0.05, 0.1) is 0 Å². The lowest BCUT2D eigenvalue weighted by Gasteiger charge is -2.13. The highest BCUT2D eigenvalue weighted by atomic mass is 35.5. The predicted molar refractivity (Wildman–Crippen MR) is 34.6 cm³/mol. The Morgan fingerprint density at radius 2 is 2.33 bits per heavy atom. The van der Waals surface area contributed by atoms with Gasteiger partial charge in [0.1, 0.15) is 0 Å². The number of nitrogens with one attached hydrogen (secondary N) is 1. The van der Waals surface area contributed by atoms with Crippen molar-refractivity contribution < 1.29 is 9.18 Å². The molecule has 0 aromatic rings. The molecule has 0 saturated carbocycles. The second-order valence-corrected chi connectivity index (χ2v) is 1.89. The van der Waals surface area contributed by atoms with Gasteiger partial charge >= 0.3 is 0 Å². The molecular formula is C5H9ClFNO. The molecule has 0 unspecified atom stereocenters. The molecule has 1 saturated heterocycles. The lowest BCUT2D eigenvalue weighted by atomic mass is 10.1. The molecule has 0 bridgehead atoms. The van der Waals surface area contributed by atoms with E-state index in [9.17, 15) is 9.18 Å². The highest BCUT2D eigenvalue weighted by molar-refractivity contribution is 5.85. The first-order chi connectivity index (χ1) is 3.80. The van der Waals surface area contributed by atoms with Crippen LogP contribution in [0.1, 0.15) is 6.42 Å². The van der Waals surface area contributed by atoms with Crippen LogP contribution in [-0.2, 0) is 4.79 Å². The fourth-order valence-electron chi connectivity index (χ4n) is 0.711. The molecule has 4 heteroatoms. The van der Waals surface area contributed by atoms with Crippen LogP contribution in [0.4, 0.5) is 4.39 Å². The smallest absolute Gasteiger partial charge is 0.170 e. The first kappa shape index (κ1) is 8.85. The van der Waals surface area contributed by atoms with Gasteiger partial charge in [0.15, 0.2) is 12.0 Å². The fourth-order valence-corrected chi connectivity index (χ4v) is 0.711. The van der Waals surface area contributed by atoms with E-state index in [4.69, 9.17) is 0 Å². The predicted octanol–water partition coefficient (Wildman–Crippen LogP) is 0.309. The van der Waals surface area contributed by atoms with Gasteiger partial charge in [-0.1, -0.05) is 0 Å². The van der Waals surface area contributed by atoms with Gasteiger partial charge in [0.25, 0.3) is 0 Å². The van der Waals surface area contributed by atoms with E-state index in [1.165, 1.54) is 0 Å². The second kappa shape index (κ2) is 3.80. The maximum absolute atomic E-state index is 12.2. The van der Waals surface area contributed by atoms with Gasteiger partial charge in [-0.15, -0.1) is 12.4 Å². The Balaban J connectivity index is 0.000000640. The Hall–Kier alpha value is -0.150. The van der Waals surface area contributed by atoms with Crippen molar-refractivity contribution >= 4 is 18.2 Å². The Morgan fingerprint density at radius 3 is 2.67 bits per heavy atom. The first-order valence-corrected chi connectivity index (χ1v) is 2.68. The number of hydrogen-bond donors (Lipinski definition) is 1. The molecule has 1 fully saturated rings. The van der Waals surface area contributed by atoms with Crippen LogP contribution in [-0.4, -0.2) is 25.0 Å². The number of alkyl halides is 1. The van der Waals surface area contributed by atoms with Crippen LogP contribution in [0.5, 0.6) is 0 Å². The number of ketones is 1. The maximum Gasteiger partial charge on any atom is 0.170 e. The standard InChI is InChI=1S/C5H8FNO.ClH/c6-4-3-7-2-1-5(4)8;/h4,7H,1-3H2;1H/t4-;/m0./s1. The zero-order valence-corrected chi connectivity index (χ0v) is 5.71. The summed E-state index contributed by atoms with van der Waals surface area (Å²) in [5.74, 6) is -0.260. The summed E-state index contributed by atoms with van der Waals surface area (Å²) in [5, 5.41) is 2.77. The van der Waals surface area contributed by atoms with Gasteiger partial charge in [-0.2, -0.15) is 0 Å². The van der Waals surface area contributed by atoms with Crippen molar-refractivity contribution in [3.05, 3.63) is 0 Å². The number of carbonyl (C=O) groups is 1. The van der Waals surface area contributed by atoms with Gasteiger partial charge in [0, 0.05) is 19.5 Å². The van der Waals surface area contributed by atoms with E-state index >= 15 is 0 Å². The van der Waals surface area contributed by atoms with E-state index in [1.807, 2.05) is 0 Å². The molecule has 1 N–H and O–H groups in total. The second-order valence-electron chi connectivity index (χ2n) is 1.89. The van der Waals surface area contributed by atoms with Crippen LogP contribution in [0.2, 0.25) is 0 Å². The molecule has 2 nitrogen and oxygen atoms in total. The van der Waals surface area contributed by atoms with Crippen molar-refractivity contribution in [2.24, 2.45) is 0 Å². The summed E-state index contributed by atoms with van der Waals surface area (Å²) in [6.45, 7) is 0.845. The highest BCUT2D eigenvalue weighted by Gasteiger charge is 2.19. The molecule has 1 aliphatic heterocycles. The molecule has 1 aliphatic rings. The molecule has 0 aliphatic carbocycles. The third-order valence-corrected chi connectivity index (χ3v) is 1.22. The number of hydrogen-bond acceptors (Lipinski definition) is 2. The molecule has 0 radical (unpaired) electrons. The van der Waals surface area contributed by atoms with Crippen LogP contribution >= 0.6 is 12.4 Å². The van der Waals surface area contributed by atoms with Gasteiger partial charge < -0.3 is 5.32 Å². The van der Waals surface area contributed by atoms with E-state index < -0.39 is 6.17 Å². The van der Waals surface area contributed by atoms with E-state index in [-0.39, 0.29) is 24.7 Å². The minimum atomic E-state index is -1.25. The zero-order valence-electron chi connectivity index (χ0n) is 4.89. The summed E-state index contributed by atoms with van der Waals surface area (Å²) in [7, 11) is 0. The number of rotatable bonds is 0. The summed E-state index contributed by atoms with van der Waals surface area (Å²) in [6, 6.07) is 0. The normalized spacial score (nSPS) is 27.2. The average molecular weight is 154 g/mol.